The van der Waals surface area contributed by atoms with Crippen LogP contribution >= 0.6 is 0 Å². The number of hydrogen-bond acceptors (Lipinski definition) is 6. The summed E-state index contributed by atoms with van der Waals surface area (Å²) in [6.45, 7) is 4.34. The maximum atomic E-state index is 12.4. The van der Waals surface area contributed by atoms with E-state index < -0.39 is 34.5 Å². The highest BCUT2D eigenvalue weighted by Crippen LogP contribution is 2.23. The molecular weight excluding hydrogens is 396 g/mol. The van der Waals surface area contributed by atoms with E-state index in [0.717, 1.165) is 25.7 Å². The zero-order chi connectivity index (χ0) is 21.6. The second kappa shape index (κ2) is 9.98. The van der Waals surface area contributed by atoms with Gasteiger partial charge in [-0.15, -0.1) is 0 Å². The number of ketones is 1. The van der Waals surface area contributed by atoms with E-state index in [4.69, 9.17) is 4.74 Å². The van der Waals surface area contributed by atoms with Crippen molar-refractivity contribution in [2.75, 3.05) is 6.61 Å². The van der Waals surface area contributed by atoms with Crippen LogP contribution in [0, 0.1) is 5.92 Å². The standard InChI is InChI=1S/C20H28N2O6S/c1-13-6-4-5-7-18(13)21-19(24)12-28-20(25)14(2)22-29(26,27)17-10-8-16(9-11-17)15(3)23/h8-11,13-14,18,22H,4-7,12H2,1-3H3,(H,21,24)/t13-,14+,18-/m1/s1. The molecule has 0 heterocycles. The first-order valence-corrected chi connectivity index (χ1v) is 11.2. The SMILES string of the molecule is CC(=O)c1ccc(S(=O)(=O)N[C@@H](C)C(=O)OCC(=O)N[C@@H]2CCCC[C@H]2C)cc1. The molecule has 1 aromatic carbocycles. The summed E-state index contributed by atoms with van der Waals surface area (Å²) in [5, 5.41) is 2.87. The highest BCUT2D eigenvalue weighted by atomic mass is 32.2. The van der Waals surface area contributed by atoms with E-state index in [2.05, 4.69) is 17.0 Å². The lowest BCUT2D eigenvalue weighted by molar-refractivity contribution is -0.150. The van der Waals surface area contributed by atoms with Gasteiger partial charge < -0.3 is 10.1 Å². The molecule has 3 atom stereocenters. The van der Waals surface area contributed by atoms with Gasteiger partial charge in [-0.25, -0.2) is 8.42 Å². The van der Waals surface area contributed by atoms with Crippen LogP contribution in [-0.4, -0.2) is 44.8 Å². The maximum absolute atomic E-state index is 12.4. The number of amides is 1. The van der Waals surface area contributed by atoms with Crippen LogP contribution in [0.2, 0.25) is 0 Å². The molecule has 1 aromatic rings. The van der Waals surface area contributed by atoms with Crippen molar-refractivity contribution in [3.05, 3.63) is 29.8 Å². The third-order valence-corrected chi connectivity index (χ3v) is 6.62. The Balaban J connectivity index is 1.85. The molecule has 1 fully saturated rings. The minimum Gasteiger partial charge on any atom is -0.454 e. The molecule has 0 spiro atoms. The van der Waals surface area contributed by atoms with Crippen molar-refractivity contribution in [2.45, 2.75) is 63.4 Å². The minimum atomic E-state index is -3.98. The third kappa shape index (κ3) is 6.64. The van der Waals surface area contributed by atoms with E-state index in [1.54, 1.807) is 0 Å². The molecule has 160 valence electrons. The summed E-state index contributed by atoms with van der Waals surface area (Å²) in [4.78, 5) is 35.3. The molecule has 0 aliphatic heterocycles. The van der Waals surface area contributed by atoms with E-state index in [1.807, 2.05) is 0 Å². The van der Waals surface area contributed by atoms with E-state index in [-0.39, 0.29) is 16.7 Å². The second-order valence-corrected chi connectivity index (χ2v) is 9.18. The molecular formula is C20H28N2O6S. The molecule has 29 heavy (non-hydrogen) atoms. The molecule has 8 nitrogen and oxygen atoms in total. The summed E-state index contributed by atoms with van der Waals surface area (Å²) in [5.74, 6) is -1.05. The van der Waals surface area contributed by atoms with Gasteiger partial charge in [0.05, 0.1) is 4.90 Å². The van der Waals surface area contributed by atoms with E-state index >= 15 is 0 Å². The van der Waals surface area contributed by atoms with Crippen molar-refractivity contribution in [3.63, 3.8) is 0 Å². The number of nitrogens with one attached hydrogen (secondary N) is 2. The molecule has 2 N–H and O–H groups in total. The van der Waals surface area contributed by atoms with Gasteiger partial charge in [0.15, 0.2) is 12.4 Å². The zero-order valence-electron chi connectivity index (χ0n) is 16.9. The molecule has 1 aliphatic rings. The summed E-state index contributed by atoms with van der Waals surface area (Å²) in [5.41, 5.74) is 0.384. The number of sulfonamides is 1. The number of esters is 1. The van der Waals surface area contributed by atoms with Crippen molar-refractivity contribution in [1.29, 1.82) is 0 Å². The Bertz CT molecular complexity index is 850. The van der Waals surface area contributed by atoms with Crippen molar-refractivity contribution < 1.29 is 27.5 Å². The molecule has 0 radical (unpaired) electrons. The van der Waals surface area contributed by atoms with Crippen LogP contribution in [0.15, 0.2) is 29.2 Å². The minimum absolute atomic E-state index is 0.0730. The van der Waals surface area contributed by atoms with Gasteiger partial charge in [0.2, 0.25) is 10.0 Å². The molecule has 0 unspecified atom stereocenters. The van der Waals surface area contributed by atoms with Gasteiger partial charge in [-0.2, -0.15) is 4.72 Å². The normalized spacial score (nSPS) is 20.5. The van der Waals surface area contributed by atoms with Gasteiger partial charge in [-0.05, 0) is 44.7 Å². The van der Waals surface area contributed by atoms with Crippen LogP contribution in [0.5, 0.6) is 0 Å². The Hall–Kier alpha value is -2.26. The van der Waals surface area contributed by atoms with Gasteiger partial charge in [0, 0.05) is 11.6 Å². The van der Waals surface area contributed by atoms with E-state index in [0.29, 0.717) is 11.5 Å². The fourth-order valence-electron chi connectivity index (χ4n) is 3.26. The molecule has 1 aliphatic carbocycles. The first-order chi connectivity index (χ1) is 13.6. The largest absolute Gasteiger partial charge is 0.454 e. The zero-order valence-corrected chi connectivity index (χ0v) is 17.8. The lowest BCUT2D eigenvalue weighted by atomic mass is 9.86. The number of carbonyl (C=O) groups is 3. The topological polar surface area (TPSA) is 119 Å². The Labute approximate surface area is 171 Å². The summed E-state index contributed by atoms with van der Waals surface area (Å²) in [6.07, 6.45) is 4.16. The first-order valence-electron chi connectivity index (χ1n) is 9.69. The van der Waals surface area contributed by atoms with Crippen LogP contribution in [-0.2, 0) is 24.3 Å². The molecule has 1 amide bonds. The lowest BCUT2D eigenvalue weighted by Gasteiger charge is -2.29. The highest BCUT2D eigenvalue weighted by Gasteiger charge is 2.26. The molecule has 2 rings (SSSR count). The number of benzene rings is 1. The fraction of sp³-hybridized carbons (Fsp3) is 0.550. The van der Waals surface area contributed by atoms with Crippen molar-refractivity contribution in [1.82, 2.24) is 10.0 Å². The molecule has 1 saturated carbocycles. The predicted octanol–water partition coefficient (Wildman–Crippen LogP) is 1.79. The monoisotopic (exact) mass is 424 g/mol. The maximum Gasteiger partial charge on any atom is 0.324 e. The number of carbonyl (C=O) groups excluding carboxylic acids is 3. The molecule has 9 heteroatoms. The summed E-state index contributed by atoms with van der Waals surface area (Å²) >= 11 is 0. The Morgan fingerprint density at radius 2 is 1.76 bits per heavy atom. The first kappa shape index (κ1) is 23.0. The van der Waals surface area contributed by atoms with Crippen LogP contribution in [0.3, 0.4) is 0 Å². The highest BCUT2D eigenvalue weighted by molar-refractivity contribution is 7.89. The number of hydrogen-bond donors (Lipinski definition) is 2. The Morgan fingerprint density at radius 3 is 2.34 bits per heavy atom. The summed E-state index contributed by atoms with van der Waals surface area (Å²) in [7, 11) is -3.98. The Morgan fingerprint density at radius 1 is 1.14 bits per heavy atom. The van der Waals surface area contributed by atoms with Crippen LogP contribution in [0.4, 0.5) is 0 Å². The number of ether oxygens (including phenoxy) is 1. The summed E-state index contributed by atoms with van der Waals surface area (Å²) < 4.78 is 31.9. The molecule has 0 saturated heterocycles. The molecule has 0 aromatic heterocycles. The lowest BCUT2D eigenvalue weighted by Crippen LogP contribution is -2.44. The number of rotatable bonds is 8. The van der Waals surface area contributed by atoms with Crippen molar-refractivity contribution in [2.24, 2.45) is 5.92 Å². The predicted molar refractivity (Wildman–Crippen MR) is 107 cm³/mol. The van der Waals surface area contributed by atoms with E-state index in [1.165, 1.54) is 38.1 Å². The van der Waals surface area contributed by atoms with Gasteiger partial charge in [-0.3, -0.25) is 14.4 Å². The number of Topliss-reactive ketones (excluding diaryl/α,β-unsaturated/α-hetero) is 1. The molecule has 0 bridgehead atoms. The smallest absolute Gasteiger partial charge is 0.324 e. The Kier molecular flexibility index (Phi) is 7.92. The average molecular weight is 425 g/mol. The van der Waals surface area contributed by atoms with Gasteiger partial charge >= 0.3 is 5.97 Å². The van der Waals surface area contributed by atoms with Crippen LogP contribution < -0.4 is 10.0 Å². The third-order valence-electron chi connectivity index (χ3n) is 5.06. The van der Waals surface area contributed by atoms with Crippen molar-refractivity contribution in [3.8, 4) is 0 Å². The van der Waals surface area contributed by atoms with Crippen molar-refractivity contribution >= 4 is 27.7 Å². The average Bonchev–Trinajstić information content (AvgIpc) is 2.67. The van der Waals surface area contributed by atoms with Gasteiger partial charge in [0.1, 0.15) is 6.04 Å². The van der Waals surface area contributed by atoms with Crippen LogP contribution in [0.1, 0.15) is 56.8 Å². The fourth-order valence-corrected chi connectivity index (χ4v) is 4.45. The summed E-state index contributed by atoms with van der Waals surface area (Å²) in [6, 6.07) is 4.27. The van der Waals surface area contributed by atoms with Gasteiger partial charge in [0.25, 0.3) is 5.91 Å². The quantitative estimate of drug-likeness (QED) is 0.485. The van der Waals surface area contributed by atoms with Crippen LogP contribution in [0.25, 0.3) is 0 Å². The van der Waals surface area contributed by atoms with Gasteiger partial charge in [-0.1, -0.05) is 31.9 Å². The second-order valence-electron chi connectivity index (χ2n) is 7.47. The van der Waals surface area contributed by atoms with E-state index in [9.17, 15) is 22.8 Å².